The fourth-order valence-corrected chi connectivity index (χ4v) is 6.85. The molecule has 1 aliphatic heterocycles. The van der Waals surface area contributed by atoms with Gasteiger partial charge < -0.3 is 0 Å². The minimum absolute atomic E-state index is 0.0420. The van der Waals surface area contributed by atoms with Gasteiger partial charge in [0.1, 0.15) is 0 Å². The third-order valence-corrected chi connectivity index (χ3v) is 11.5. The van der Waals surface area contributed by atoms with Crippen molar-refractivity contribution in [1.29, 1.82) is 0 Å². The Balaban J connectivity index is 2.65. The predicted molar refractivity (Wildman–Crippen MR) is 77.7 cm³/mol. The normalized spacial score (nSPS) is 22.9. The van der Waals surface area contributed by atoms with Gasteiger partial charge in [-0.25, -0.2) is 9.19 Å². The van der Waals surface area contributed by atoms with Gasteiger partial charge in [-0.05, 0) is 30.3 Å². The van der Waals surface area contributed by atoms with E-state index in [2.05, 4.69) is 34.5 Å². The molecule has 1 aromatic heterocycles. The van der Waals surface area contributed by atoms with Crippen LogP contribution in [0, 0.1) is 0 Å². The molecule has 0 aliphatic carbocycles. The molecular formula is C12H19N3O2SSi. The Hall–Kier alpha value is -1.21. The van der Waals surface area contributed by atoms with Gasteiger partial charge in [-0.3, -0.25) is 13.5 Å². The molecule has 104 valence electrons. The van der Waals surface area contributed by atoms with Gasteiger partial charge in [0.2, 0.25) is 0 Å². The smallest absolute Gasteiger partial charge is 0.266 e. The van der Waals surface area contributed by atoms with Crippen LogP contribution < -0.4 is 4.72 Å². The van der Waals surface area contributed by atoms with E-state index in [4.69, 9.17) is 0 Å². The molecule has 1 amide bonds. The van der Waals surface area contributed by atoms with Gasteiger partial charge in [0.25, 0.3) is 5.91 Å². The summed E-state index contributed by atoms with van der Waals surface area (Å²) in [4.78, 5) is 15.9. The molecule has 1 aromatic rings. The molecule has 0 aromatic carbocycles. The zero-order valence-electron chi connectivity index (χ0n) is 11.9. The second-order valence-electron chi connectivity index (χ2n) is 6.21. The van der Waals surface area contributed by atoms with Crippen LogP contribution in [0.1, 0.15) is 31.1 Å². The second kappa shape index (κ2) is 4.14. The van der Waals surface area contributed by atoms with Gasteiger partial charge in [-0.1, -0.05) is 20.8 Å². The highest BCUT2D eigenvalue weighted by molar-refractivity contribution is 7.93. The number of carbonyl (C=O) groups is 1. The standard InChI is InChI=1S/C12H19N3O2SSi/c1-12(2,3)19(4,5)15-18(17)11-9(10(16)14-18)7-6-8-13-11/h6-8H,1-5H3,(H,14,15,16,17). The van der Waals surface area contributed by atoms with Gasteiger partial charge in [0.15, 0.2) is 23.2 Å². The lowest BCUT2D eigenvalue weighted by atomic mass is 10.2. The third-order valence-electron chi connectivity index (χ3n) is 3.70. The number of nitrogens with one attached hydrogen (secondary N) is 1. The molecule has 5 nitrogen and oxygen atoms in total. The van der Waals surface area contributed by atoms with Crippen LogP contribution in [0.2, 0.25) is 18.1 Å². The zero-order chi connectivity index (χ0) is 14.5. The summed E-state index contributed by atoms with van der Waals surface area (Å²) in [6, 6.07) is 3.29. The summed E-state index contributed by atoms with van der Waals surface area (Å²) in [5, 5.41) is 0.240. The molecule has 2 rings (SSSR count). The van der Waals surface area contributed by atoms with Crippen molar-refractivity contribution in [1.82, 2.24) is 9.71 Å². The lowest BCUT2D eigenvalue weighted by molar-refractivity contribution is 0.0985. The van der Waals surface area contributed by atoms with Crippen LogP contribution >= 0.6 is 0 Å². The lowest BCUT2D eigenvalue weighted by Crippen LogP contribution is -2.38. The second-order valence-corrected chi connectivity index (χ2v) is 13.2. The first-order chi connectivity index (χ1) is 8.57. The number of fused-ring (bicyclic) bond motifs is 1. The highest BCUT2D eigenvalue weighted by atomic mass is 32.2. The molecule has 0 spiro atoms. The molecular weight excluding hydrogens is 278 g/mol. The Bertz CT molecular complexity index is 655. The first kappa shape index (κ1) is 14.2. The summed E-state index contributed by atoms with van der Waals surface area (Å²) in [5.41, 5.74) is 0.370. The van der Waals surface area contributed by atoms with E-state index >= 15 is 0 Å². The van der Waals surface area contributed by atoms with E-state index < -0.39 is 18.2 Å². The van der Waals surface area contributed by atoms with E-state index in [1.54, 1.807) is 18.3 Å². The van der Waals surface area contributed by atoms with Crippen molar-refractivity contribution in [3.8, 4) is 0 Å². The molecule has 1 N–H and O–H groups in total. The Kier molecular flexibility index (Phi) is 3.09. The van der Waals surface area contributed by atoms with Crippen LogP contribution in [0.3, 0.4) is 0 Å². The molecule has 1 unspecified atom stereocenters. The summed E-state index contributed by atoms with van der Waals surface area (Å²) >= 11 is 0. The largest absolute Gasteiger partial charge is 0.268 e. The van der Waals surface area contributed by atoms with Crippen LogP contribution in [0.4, 0.5) is 0 Å². The van der Waals surface area contributed by atoms with E-state index in [0.717, 1.165) is 0 Å². The molecule has 1 aliphatic rings. The van der Waals surface area contributed by atoms with Crippen LogP contribution in [-0.4, -0.2) is 23.3 Å². The number of pyridine rings is 1. The number of hydrogen-bond acceptors (Lipinski definition) is 4. The molecule has 0 bridgehead atoms. The van der Waals surface area contributed by atoms with Crippen molar-refractivity contribution < 1.29 is 9.00 Å². The summed E-state index contributed by atoms with van der Waals surface area (Å²) in [6.45, 7) is 10.4. The summed E-state index contributed by atoms with van der Waals surface area (Å²) in [6.07, 6.45) is 1.54. The number of aromatic nitrogens is 1. The summed E-state index contributed by atoms with van der Waals surface area (Å²) < 4.78 is 20.0. The molecule has 0 radical (unpaired) electrons. The van der Waals surface area contributed by atoms with E-state index in [-0.39, 0.29) is 16.0 Å². The third kappa shape index (κ3) is 2.32. The number of carbonyl (C=O) groups excluding carboxylic acids is 1. The minimum atomic E-state index is -2.93. The lowest BCUT2D eigenvalue weighted by Gasteiger charge is -2.32. The fraction of sp³-hybridized carbons (Fsp3) is 0.500. The van der Waals surface area contributed by atoms with Crippen LogP contribution in [0.5, 0.6) is 0 Å². The topological polar surface area (TPSA) is 71.4 Å². The van der Waals surface area contributed by atoms with Crippen molar-refractivity contribution in [2.45, 2.75) is 43.9 Å². The van der Waals surface area contributed by atoms with Gasteiger partial charge in [0, 0.05) is 6.20 Å². The van der Waals surface area contributed by atoms with Crippen molar-refractivity contribution in [2.75, 3.05) is 0 Å². The number of nitrogens with zero attached hydrogens (tertiary/aromatic N) is 2. The van der Waals surface area contributed by atoms with Gasteiger partial charge in [0.05, 0.1) is 5.56 Å². The average Bonchev–Trinajstić information content (AvgIpc) is 2.49. The number of amides is 1. The highest BCUT2D eigenvalue weighted by Crippen LogP contribution is 2.38. The SMILES string of the molecule is CC(C)(C)[Si](C)(C)N=S1(=O)NC(=O)c2cccnc21. The first-order valence-corrected chi connectivity index (χ1v) is 10.6. The Labute approximate surface area is 115 Å². The molecule has 19 heavy (non-hydrogen) atoms. The van der Waals surface area contributed by atoms with Crippen LogP contribution in [0.15, 0.2) is 27.4 Å². The first-order valence-electron chi connectivity index (χ1n) is 6.12. The van der Waals surface area contributed by atoms with E-state index in [0.29, 0.717) is 5.56 Å². The molecule has 1 atom stereocenters. The zero-order valence-corrected chi connectivity index (χ0v) is 13.7. The van der Waals surface area contributed by atoms with Crippen LogP contribution in [-0.2, 0) is 9.92 Å². The van der Waals surface area contributed by atoms with Gasteiger partial charge in [-0.15, -0.1) is 0 Å². The van der Waals surface area contributed by atoms with E-state index in [1.807, 2.05) is 13.1 Å². The Morgan fingerprint density at radius 1 is 1.37 bits per heavy atom. The predicted octanol–water partition coefficient (Wildman–Crippen LogP) is 2.57. The van der Waals surface area contributed by atoms with Crippen LogP contribution in [0.25, 0.3) is 0 Å². The van der Waals surface area contributed by atoms with Crippen molar-refractivity contribution in [2.24, 2.45) is 4.03 Å². The van der Waals surface area contributed by atoms with Gasteiger partial charge >= 0.3 is 0 Å². The van der Waals surface area contributed by atoms with Crippen molar-refractivity contribution in [3.05, 3.63) is 23.9 Å². The maximum absolute atomic E-state index is 13.0. The minimum Gasteiger partial charge on any atom is -0.268 e. The van der Waals surface area contributed by atoms with Crippen molar-refractivity contribution >= 4 is 24.1 Å². The quantitative estimate of drug-likeness (QED) is 0.810. The van der Waals surface area contributed by atoms with Gasteiger partial charge in [-0.2, -0.15) is 0 Å². The van der Waals surface area contributed by atoms with E-state index in [1.165, 1.54) is 0 Å². The Morgan fingerprint density at radius 3 is 2.58 bits per heavy atom. The molecule has 0 saturated heterocycles. The molecule has 2 heterocycles. The number of rotatable bonds is 1. The molecule has 0 saturated carbocycles. The number of hydrogen-bond donors (Lipinski definition) is 1. The maximum atomic E-state index is 13.0. The highest BCUT2D eigenvalue weighted by Gasteiger charge is 2.41. The fourth-order valence-electron chi connectivity index (χ4n) is 1.54. The summed E-state index contributed by atoms with van der Waals surface area (Å²) in [7, 11) is -5.07. The maximum Gasteiger partial charge on any atom is 0.266 e. The Morgan fingerprint density at radius 2 is 2.00 bits per heavy atom. The van der Waals surface area contributed by atoms with Crippen molar-refractivity contribution in [3.63, 3.8) is 0 Å². The monoisotopic (exact) mass is 297 g/mol. The van der Waals surface area contributed by atoms with E-state index in [9.17, 15) is 9.00 Å². The molecule has 7 heteroatoms. The average molecular weight is 297 g/mol. The molecule has 0 fully saturated rings. The summed E-state index contributed by atoms with van der Waals surface area (Å²) in [5.74, 6) is -0.351.